The number of nitrogens with one attached hydrogen (secondary N) is 1. The molecule has 5 nitrogen and oxygen atoms in total. The molecule has 112 valence electrons. The van der Waals surface area contributed by atoms with E-state index in [1.807, 2.05) is 4.57 Å². The van der Waals surface area contributed by atoms with E-state index in [0.29, 0.717) is 12.2 Å². The van der Waals surface area contributed by atoms with E-state index in [2.05, 4.69) is 26.7 Å². The molecule has 0 unspecified atom stereocenters. The molecule has 1 aliphatic rings. The minimum absolute atomic E-state index is 0.0343. The normalized spacial score (nSPS) is 15.2. The first-order chi connectivity index (χ1) is 10.1. The number of ether oxygens (including phenoxy) is 2. The first-order valence-electron chi connectivity index (χ1n) is 6.70. The lowest BCUT2D eigenvalue weighted by Crippen LogP contribution is -2.25. The summed E-state index contributed by atoms with van der Waals surface area (Å²) in [5, 5.41) is 3.16. The van der Waals surface area contributed by atoms with Gasteiger partial charge in [-0.15, -0.1) is 8.78 Å². The maximum absolute atomic E-state index is 12.9. The Bertz CT molecular complexity index is 643. The van der Waals surface area contributed by atoms with Gasteiger partial charge in [0.1, 0.15) is 0 Å². The maximum atomic E-state index is 12.9. The molecule has 0 saturated heterocycles. The van der Waals surface area contributed by atoms with Gasteiger partial charge in [-0.2, -0.15) is 0 Å². The summed E-state index contributed by atoms with van der Waals surface area (Å²) in [7, 11) is 0. The average Bonchev–Trinajstić information content (AvgIpc) is 2.98. The number of fused-ring (bicyclic) bond motifs is 1. The molecule has 0 bridgehead atoms. The van der Waals surface area contributed by atoms with Gasteiger partial charge >= 0.3 is 6.29 Å². The zero-order valence-electron chi connectivity index (χ0n) is 11.5. The zero-order chi connectivity index (χ0) is 14.9. The summed E-state index contributed by atoms with van der Waals surface area (Å²) in [5.41, 5.74) is 1.71. The van der Waals surface area contributed by atoms with Crippen LogP contribution in [-0.4, -0.2) is 15.8 Å². The van der Waals surface area contributed by atoms with Gasteiger partial charge in [-0.3, -0.25) is 0 Å². The highest BCUT2D eigenvalue weighted by molar-refractivity contribution is 5.56. The van der Waals surface area contributed by atoms with Crippen molar-refractivity contribution in [3.63, 3.8) is 0 Å². The van der Waals surface area contributed by atoms with Crippen LogP contribution in [0.2, 0.25) is 0 Å². The van der Waals surface area contributed by atoms with Crippen molar-refractivity contribution in [1.29, 1.82) is 0 Å². The number of hydrogen-bond acceptors (Lipinski definition) is 4. The molecule has 0 spiro atoms. The van der Waals surface area contributed by atoms with Crippen molar-refractivity contribution >= 4 is 5.69 Å². The van der Waals surface area contributed by atoms with E-state index >= 15 is 0 Å². The van der Waals surface area contributed by atoms with E-state index in [1.54, 1.807) is 18.6 Å². The topological polar surface area (TPSA) is 48.3 Å². The quantitative estimate of drug-likeness (QED) is 0.920. The molecule has 2 heterocycles. The van der Waals surface area contributed by atoms with E-state index in [1.165, 1.54) is 12.1 Å². The standard InChI is InChI=1S/C14H15F2N3O2/c1-2-5-19-9-17-7-11(19)8-18-10-3-4-12-13(6-10)21-14(15,16)20-12/h3-4,6-7,9,18H,2,5,8H2,1H3. The number of nitrogens with zero attached hydrogens (tertiary/aromatic N) is 2. The molecule has 0 amide bonds. The lowest BCUT2D eigenvalue weighted by Gasteiger charge is -2.09. The molecule has 1 aromatic carbocycles. The molecule has 1 aromatic heterocycles. The summed E-state index contributed by atoms with van der Waals surface area (Å²) in [6, 6.07) is 4.63. The molecule has 2 aromatic rings. The summed E-state index contributed by atoms with van der Waals surface area (Å²) >= 11 is 0. The Hall–Kier alpha value is -2.31. The third-order valence-electron chi connectivity index (χ3n) is 3.14. The van der Waals surface area contributed by atoms with Crippen LogP contribution in [-0.2, 0) is 13.1 Å². The number of hydrogen-bond donors (Lipinski definition) is 1. The molecular formula is C14H15F2N3O2. The van der Waals surface area contributed by atoms with E-state index in [9.17, 15) is 8.78 Å². The van der Waals surface area contributed by atoms with E-state index in [4.69, 9.17) is 0 Å². The Kier molecular flexibility index (Phi) is 3.40. The molecule has 7 heteroatoms. The molecule has 3 rings (SSSR count). The highest BCUT2D eigenvalue weighted by atomic mass is 19.3. The lowest BCUT2D eigenvalue weighted by atomic mass is 10.2. The van der Waals surface area contributed by atoms with Crippen LogP contribution < -0.4 is 14.8 Å². The van der Waals surface area contributed by atoms with E-state index in [-0.39, 0.29) is 11.5 Å². The van der Waals surface area contributed by atoms with Crippen LogP contribution in [0.1, 0.15) is 19.0 Å². The second kappa shape index (κ2) is 5.23. The number of anilines is 1. The lowest BCUT2D eigenvalue weighted by molar-refractivity contribution is -0.286. The Balaban J connectivity index is 1.68. The van der Waals surface area contributed by atoms with Crippen LogP contribution in [0.25, 0.3) is 0 Å². The Morgan fingerprint density at radius 1 is 1.29 bits per heavy atom. The Labute approximate surface area is 120 Å². The number of rotatable bonds is 5. The van der Waals surface area contributed by atoms with Gasteiger partial charge < -0.3 is 19.4 Å². The predicted octanol–water partition coefficient (Wildman–Crippen LogP) is 3.23. The van der Waals surface area contributed by atoms with Gasteiger partial charge in [-0.05, 0) is 18.6 Å². The number of benzene rings is 1. The molecule has 1 N–H and O–H groups in total. The molecule has 0 fully saturated rings. The molecule has 0 saturated carbocycles. The third kappa shape index (κ3) is 2.91. The van der Waals surface area contributed by atoms with Crippen molar-refractivity contribution < 1.29 is 18.3 Å². The van der Waals surface area contributed by atoms with Gasteiger partial charge in [0.05, 0.1) is 18.6 Å². The molecule has 21 heavy (non-hydrogen) atoms. The second-order valence-corrected chi connectivity index (χ2v) is 4.76. The predicted molar refractivity (Wildman–Crippen MR) is 72.5 cm³/mol. The fourth-order valence-corrected chi connectivity index (χ4v) is 2.19. The molecule has 0 atom stereocenters. The molecule has 0 aliphatic carbocycles. The Morgan fingerprint density at radius 3 is 2.90 bits per heavy atom. The second-order valence-electron chi connectivity index (χ2n) is 4.76. The minimum Gasteiger partial charge on any atom is -0.395 e. The highest BCUT2D eigenvalue weighted by Gasteiger charge is 2.43. The SMILES string of the molecule is CCCn1cncc1CNc1ccc2c(c1)OC(F)(F)O2. The fourth-order valence-electron chi connectivity index (χ4n) is 2.19. The molecule has 0 radical (unpaired) electrons. The summed E-state index contributed by atoms with van der Waals surface area (Å²) < 4.78 is 36.7. The first-order valence-corrected chi connectivity index (χ1v) is 6.70. The Morgan fingerprint density at radius 2 is 2.10 bits per heavy atom. The molecular weight excluding hydrogens is 280 g/mol. The van der Waals surface area contributed by atoms with Gasteiger partial charge in [-0.25, -0.2) is 4.98 Å². The fraction of sp³-hybridized carbons (Fsp3) is 0.357. The largest absolute Gasteiger partial charge is 0.586 e. The summed E-state index contributed by atoms with van der Waals surface area (Å²) in [5.74, 6) is 0.0774. The van der Waals surface area contributed by atoms with Crippen molar-refractivity contribution in [1.82, 2.24) is 9.55 Å². The van der Waals surface area contributed by atoms with Crippen LogP contribution >= 0.6 is 0 Å². The monoisotopic (exact) mass is 295 g/mol. The highest BCUT2D eigenvalue weighted by Crippen LogP contribution is 2.42. The van der Waals surface area contributed by atoms with Crippen LogP contribution in [0, 0.1) is 0 Å². The summed E-state index contributed by atoms with van der Waals surface area (Å²) in [6.45, 7) is 3.54. The van der Waals surface area contributed by atoms with Gasteiger partial charge in [0, 0.05) is 24.5 Å². The number of halogens is 2. The van der Waals surface area contributed by atoms with Crippen LogP contribution in [0.5, 0.6) is 11.5 Å². The minimum atomic E-state index is -3.58. The van der Waals surface area contributed by atoms with Crippen LogP contribution in [0.3, 0.4) is 0 Å². The number of imidazole rings is 1. The van der Waals surface area contributed by atoms with Gasteiger partial charge in [0.25, 0.3) is 0 Å². The van der Waals surface area contributed by atoms with Crippen molar-refractivity contribution in [2.24, 2.45) is 0 Å². The van der Waals surface area contributed by atoms with Gasteiger partial charge in [0.15, 0.2) is 11.5 Å². The van der Waals surface area contributed by atoms with Gasteiger partial charge in [0.2, 0.25) is 0 Å². The number of aryl methyl sites for hydroxylation is 1. The zero-order valence-corrected chi connectivity index (χ0v) is 11.5. The number of aromatic nitrogens is 2. The van der Waals surface area contributed by atoms with E-state index < -0.39 is 6.29 Å². The number of alkyl halides is 2. The molecule has 1 aliphatic heterocycles. The van der Waals surface area contributed by atoms with Crippen LogP contribution in [0.4, 0.5) is 14.5 Å². The summed E-state index contributed by atoms with van der Waals surface area (Å²) in [6.07, 6.45) is 0.994. The van der Waals surface area contributed by atoms with Crippen molar-refractivity contribution in [3.8, 4) is 11.5 Å². The van der Waals surface area contributed by atoms with Crippen molar-refractivity contribution in [2.75, 3.05) is 5.32 Å². The van der Waals surface area contributed by atoms with Crippen LogP contribution in [0.15, 0.2) is 30.7 Å². The third-order valence-corrected chi connectivity index (χ3v) is 3.14. The maximum Gasteiger partial charge on any atom is 0.586 e. The average molecular weight is 295 g/mol. The van der Waals surface area contributed by atoms with E-state index in [0.717, 1.165) is 18.7 Å². The van der Waals surface area contributed by atoms with Crippen molar-refractivity contribution in [2.45, 2.75) is 32.7 Å². The smallest absolute Gasteiger partial charge is 0.395 e. The van der Waals surface area contributed by atoms with Crippen molar-refractivity contribution in [3.05, 3.63) is 36.4 Å². The summed E-state index contributed by atoms with van der Waals surface area (Å²) in [4.78, 5) is 4.11. The first kappa shape index (κ1) is 13.7. The van der Waals surface area contributed by atoms with Gasteiger partial charge in [-0.1, -0.05) is 6.92 Å².